The topological polar surface area (TPSA) is 78.9 Å². The summed E-state index contributed by atoms with van der Waals surface area (Å²) in [5.74, 6) is -0.246. The SMILES string of the molecule is O=C(N[C@H](C(=O)N1CC[C@@H](O)C1)c1ccccc1)OCc1ccccc1. The Hall–Kier alpha value is -2.86. The molecular formula is C20H22N2O4. The minimum atomic E-state index is -0.843. The molecule has 0 aliphatic carbocycles. The predicted octanol–water partition coefficient (Wildman–Crippen LogP) is 2.25. The fourth-order valence-corrected chi connectivity index (χ4v) is 2.94. The largest absolute Gasteiger partial charge is 0.445 e. The van der Waals surface area contributed by atoms with Gasteiger partial charge in [-0.25, -0.2) is 4.79 Å². The molecule has 1 heterocycles. The van der Waals surface area contributed by atoms with Crippen molar-refractivity contribution in [3.8, 4) is 0 Å². The molecule has 0 bridgehead atoms. The fraction of sp³-hybridized carbons (Fsp3) is 0.300. The Morgan fingerprint density at radius 2 is 1.77 bits per heavy atom. The molecule has 0 unspecified atom stereocenters. The Labute approximate surface area is 152 Å². The predicted molar refractivity (Wildman–Crippen MR) is 96.1 cm³/mol. The van der Waals surface area contributed by atoms with Gasteiger partial charge in [0.2, 0.25) is 5.91 Å². The maximum absolute atomic E-state index is 12.8. The highest BCUT2D eigenvalue weighted by molar-refractivity contribution is 5.87. The van der Waals surface area contributed by atoms with Gasteiger partial charge >= 0.3 is 6.09 Å². The summed E-state index contributed by atoms with van der Waals surface area (Å²) in [5, 5.41) is 12.3. The number of carbonyl (C=O) groups is 2. The number of likely N-dealkylation sites (tertiary alicyclic amines) is 1. The first-order chi connectivity index (χ1) is 12.6. The summed E-state index contributed by atoms with van der Waals surface area (Å²) in [7, 11) is 0. The van der Waals surface area contributed by atoms with Crippen LogP contribution in [0.5, 0.6) is 0 Å². The zero-order valence-corrected chi connectivity index (χ0v) is 14.4. The normalized spacial score (nSPS) is 17.6. The van der Waals surface area contributed by atoms with Gasteiger partial charge in [0.25, 0.3) is 0 Å². The van der Waals surface area contributed by atoms with E-state index in [4.69, 9.17) is 4.74 Å². The van der Waals surface area contributed by atoms with E-state index in [2.05, 4.69) is 5.32 Å². The second kappa shape index (κ2) is 8.49. The minimum Gasteiger partial charge on any atom is -0.445 e. The standard InChI is InChI=1S/C20H22N2O4/c23-17-11-12-22(13-17)19(24)18(16-9-5-2-6-10-16)21-20(25)26-14-15-7-3-1-4-8-15/h1-10,17-18,23H,11-14H2,(H,21,25)/t17-,18+/m1/s1. The van der Waals surface area contributed by atoms with Crippen LogP contribution < -0.4 is 5.32 Å². The van der Waals surface area contributed by atoms with Crippen molar-refractivity contribution in [1.29, 1.82) is 0 Å². The molecule has 3 rings (SSSR count). The Kier molecular flexibility index (Phi) is 5.86. The van der Waals surface area contributed by atoms with Crippen molar-refractivity contribution >= 4 is 12.0 Å². The van der Waals surface area contributed by atoms with E-state index in [0.717, 1.165) is 5.56 Å². The lowest BCUT2D eigenvalue weighted by Crippen LogP contribution is -2.42. The average Bonchev–Trinajstić information content (AvgIpc) is 3.12. The molecule has 0 spiro atoms. The molecule has 2 atom stereocenters. The van der Waals surface area contributed by atoms with Gasteiger partial charge < -0.3 is 20.1 Å². The average molecular weight is 354 g/mol. The van der Waals surface area contributed by atoms with E-state index in [-0.39, 0.29) is 19.1 Å². The smallest absolute Gasteiger partial charge is 0.408 e. The number of β-amino-alcohol motifs (C(OH)–C–C–N with tert-alkyl or cyclic N) is 1. The number of amides is 2. The number of carbonyl (C=O) groups excluding carboxylic acids is 2. The molecular weight excluding hydrogens is 332 g/mol. The van der Waals surface area contributed by atoms with Crippen LogP contribution in [0.2, 0.25) is 0 Å². The zero-order valence-electron chi connectivity index (χ0n) is 14.4. The van der Waals surface area contributed by atoms with E-state index in [0.29, 0.717) is 18.5 Å². The van der Waals surface area contributed by atoms with Gasteiger partial charge in [-0.15, -0.1) is 0 Å². The highest BCUT2D eigenvalue weighted by Crippen LogP contribution is 2.20. The van der Waals surface area contributed by atoms with Crippen molar-refractivity contribution < 1.29 is 19.4 Å². The number of rotatable bonds is 5. The van der Waals surface area contributed by atoms with Gasteiger partial charge in [0.15, 0.2) is 0 Å². The minimum absolute atomic E-state index is 0.130. The highest BCUT2D eigenvalue weighted by Gasteiger charge is 2.32. The Morgan fingerprint density at radius 3 is 2.38 bits per heavy atom. The number of benzene rings is 2. The van der Waals surface area contributed by atoms with Gasteiger partial charge in [0.1, 0.15) is 12.6 Å². The Bertz CT molecular complexity index is 736. The maximum Gasteiger partial charge on any atom is 0.408 e. The van der Waals surface area contributed by atoms with E-state index in [1.165, 1.54) is 0 Å². The first kappa shape index (κ1) is 17.9. The molecule has 6 heteroatoms. The summed E-state index contributed by atoms with van der Waals surface area (Å²) in [5.41, 5.74) is 1.54. The molecule has 136 valence electrons. The Morgan fingerprint density at radius 1 is 1.12 bits per heavy atom. The molecule has 1 fully saturated rings. The van der Waals surface area contributed by atoms with E-state index in [1.807, 2.05) is 48.5 Å². The van der Waals surface area contributed by atoms with Gasteiger partial charge in [-0.3, -0.25) is 4.79 Å². The van der Waals surface area contributed by atoms with Crippen LogP contribution in [0.25, 0.3) is 0 Å². The van der Waals surface area contributed by atoms with Crippen molar-refractivity contribution in [2.75, 3.05) is 13.1 Å². The number of hydrogen-bond acceptors (Lipinski definition) is 4. The molecule has 1 aliphatic heterocycles. The first-order valence-electron chi connectivity index (χ1n) is 8.62. The lowest BCUT2D eigenvalue weighted by molar-refractivity contribution is -0.132. The third-order valence-corrected chi connectivity index (χ3v) is 4.33. The van der Waals surface area contributed by atoms with Crippen LogP contribution in [0.4, 0.5) is 4.79 Å². The third-order valence-electron chi connectivity index (χ3n) is 4.33. The van der Waals surface area contributed by atoms with Crippen LogP contribution in [0.1, 0.15) is 23.6 Å². The number of aliphatic hydroxyl groups is 1. The van der Waals surface area contributed by atoms with Gasteiger partial charge in [0, 0.05) is 13.1 Å². The van der Waals surface area contributed by atoms with E-state index in [1.54, 1.807) is 17.0 Å². The summed E-state index contributed by atoms with van der Waals surface area (Å²) in [6.45, 7) is 0.887. The second-order valence-electron chi connectivity index (χ2n) is 6.28. The van der Waals surface area contributed by atoms with Gasteiger partial charge in [-0.05, 0) is 17.5 Å². The van der Waals surface area contributed by atoms with Gasteiger partial charge in [0.05, 0.1) is 6.10 Å². The number of alkyl carbamates (subject to hydrolysis) is 1. The molecule has 1 aliphatic rings. The summed E-state index contributed by atoms with van der Waals surface area (Å²) in [6, 6.07) is 17.5. The van der Waals surface area contributed by atoms with E-state index in [9.17, 15) is 14.7 Å². The Balaban J connectivity index is 1.67. The highest BCUT2D eigenvalue weighted by atomic mass is 16.5. The molecule has 1 saturated heterocycles. The monoisotopic (exact) mass is 354 g/mol. The molecule has 6 nitrogen and oxygen atoms in total. The molecule has 2 aromatic rings. The van der Waals surface area contributed by atoms with Crippen molar-refractivity contribution in [2.24, 2.45) is 0 Å². The van der Waals surface area contributed by atoms with Gasteiger partial charge in [-0.1, -0.05) is 60.7 Å². The molecule has 2 aromatic carbocycles. The van der Waals surface area contributed by atoms with Gasteiger partial charge in [-0.2, -0.15) is 0 Å². The molecule has 0 aromatic heterocycles. The van der Waals surface area contributed by atoms with Crippen LogP contribution in [-0.2, 0) is 16.1 Å². The van der Waals surface area contributed by atoms with Crippen LogP contribution in [0.3, 0.4) is 0 Å². The van der Waals surface area contributed by atoms with Crippen LogP contribution >= 0.6 is 0 Å². The zero-order chi connectivity index (χ0) is 18.4. The van der Waals surface area contributed by atoms with E-state index >= 15 is 0 Å². The summed E-state index contributed by atoms with van der Waals surface area (Å²) in [4.78, 5) is 26.6. The van der Waals surface area contributed by atoms with Crippen molar-refractivity contribution in [3.05, 3.63) is 71.8 Å². The first-order valence-corrected chi connectivity index (χ1v) is 8.62. The van der Waals surface area contributed by atoms with Crippen LogP contribution in [0, 0.1) is 0 Å². The second-order valence-corrected chi connectivity index (χ2v) is 6.28. The summed E-state index contributed by atoms with van der Waals surface area (Å²) < 4.78 is 5.24. The third kappa shape index (κ3) is 4.61. The van der Waals surface area contributed by atoms with Crippen LogP contribution in [-0.4, -0.2) is 41.2 Å². The lowest BCUT2D eigenvalue weighted by Gasteiger charge is -2.24. The lowest BCUT2D eigenvalue weighted by atomic mass is 10.1. The van der Waals surface area contributed by atoms with Crippen LogP contribution in [0.15, 0.2) is 60.7 Å². The molecule has 2 N–H and O–H groups in total. The number of ether oxygens (including phenoxy) is 1. The number of nitrogens with one attached hydrogen (secondary N) is 1. The molecule has 0 saturated carbocycles. The maximum atomic E-state index is 12.8. The van der Waals surface area contributed by atoms with E-state index < -0.39 is 18.2 Å². The van der Waals surface area contributed by atoms with Crippen molar-refractivity contribution in [1.82, 2.24) is 10.2 Å². The van der Waals surface area contributed by atoms with Crippen molar-refractivity contribution in [3.63, 3.8) is 0 Å². The number of aliphatic hydroxyl groups excluding tert-OH is 1. The molecule has 26 heavy (non-hydrogen) atoms. The van der Waals surface area contributed by atoms with Crippen molar-refractivity contribution in [2.45, 2.75) is 25.2 Å². The molecule has 2 amide bonds. The number of nitrogens with zero attached hydrogens (tertiary/aromatic N) is 1. The number of hydrogen-bond donors (Lipinski definition) is 2. The summed E-state index contributed by atoms with van der Waals surface area (Å²) in [6.07, 6.45) is -0.623. The fourth-order valence-electron chi connectivity index (χ4n) is 2.94. The summed E-state index contributed by atoms with van der Waals surface area (Å²) >= 11 is 0. The molecule has 0 radical (unpaired) electrons. The quantitative estimate of drug-likeness (QED) is 0.863.